The van der Waals surface area contributed by atoms with Crippen molar-refractivity contribution >= 4 is 44.0 Å². The number of halogens is 1. The first-order chi connectivity index (χ1) is 37.1. The Hall–Kier alpha value is -6.60. The van der Waals surface area contributed by atoms with Gasteiger partial charge in [-0.15, -0.1) is 0 Å². The van der Waals surface area contributed by atoms with Crippen molar-refractivity contribution in [3.05, 3.63) is 142 Å². The van der Waals surface area contributed by atoms with Gasteiger partial charge in [-0.3, -0.25) is 24.7 Å². The second-order valence-corrected chi connectivity index (χ2v) is 25.1. The molecule has 2 aliphatic heterocycles. The van der Waals surface area contributed by atoms with Crippen LogP contribution < -0.4 is 24.4 Å². The predicted octanol–water partition coefficient (Wildman–Crippen LogP) is 10.4. The Bertz CT molecular complexity index is 3320. The van der Waals surface area contributed by atoms with Crippen LogP contribution in [0.15, 0.2) is 108 Å². The Morgan fingerprint density at radius 1 is 0.935 bits per heavy atom. The lowest BCUT2D eigenvalue weighted by molar-refractivity contribution is -0.384. The normalized spacial score (nSPS) is 25.0. The summed E-state index contributed by atoms with van der Waals surface area (Å²) in [7, 11) is -1.16. The number of hydrogen-bond donors (Lipinski definition) is 3. The largest absolute Gasteiger partial charge is 0.497 e. The number of sulfonamides is 1. The highest BCUT2D eigenvalue weighted by atomic mass is 32.2. The van der Waals surface area contributed by atoms with Gasteiger partial charge >= 0.3 is 0 Å². The minimum absolute atomic E-state index is 0.0102. The summed E-state index contributed by atoms with van der Waals surface area (Å²) in [6, 6.07) is 28.0. The fourth-order valence-corrected chi connectivity index (χ4v) is 15.8. The van der Waals surface area contributed by atoms with Crippen molar-refractivity contribution in [3.63, 3.8) is 0 Å². The van der Waals surface area contributed by atoms with E-state index in [2.05, 4.69) is 85.0 Å². The maximum atomic E-state index is 14.8. The lowest BCUT2D eigenvalue weighted by Crippen LogP contribution is -2.68. The van der Waals surface area contributed by atoms with Gasteiger partial charge in [-0.05, 0) is 133 Å². The summed E-state index contributed by atoms with van der Waals surface area (Å²) in [5.74, 6) is 1.42. The number of H-pyrrole nitrogens is 1. The van der Waals surface area contributed by atoms with Gasteiger partial charge in [0.25, 0.3) is 21.6 Å². The fraction of sp³-hybridized carbons (Fsp3) is 0.458. The highest BCUT2D eigenvalue weighted by molar-refractivity contribution is 7.90. The van der Waals surface area contributed by atoms with Crippen molar-refractivity contribution in [1.82, 2.24) is 24.5 Å². The first-order valence-electron chi connectivity index (χ1n) is 27.1. The van der Waals surface area contributed by atoms with Crippen molar-refractivity contribution in [2.75, 3.05) is 63.7 Å². The van der Waals surface area contributed by atoms with Crippen molar-refractivity contribution in [3.8, 4) is 17.2 Å². The van der Waals surface area contributed by atoms with Gasteiger partial charge in [0.2, 0.25) is 0 Å². The molecule has 18 heteroatoms. The van der Waals surface area contributed by atoms with Crippen LogP contribution in [0.5, 0.6) is 17.2 Å². The number of hydrogen-bond acceptors (Lipinski definition) is 13. The summed E-state index contributed by atoms with van der Waals surface area (Å²) in [5, 5.41) is 16.0. The summed E-state index contributed by atoms with van der Waals surface area (Å²) in [5.41, 5.74) is 4.93. The third-order valence-corrected chi connectivity index (χ3v) is 19.4. The Balaban J connectivity index is 0.749. The average molecular weight is 1070 g/mol. The molecule has 3 atom stereocenters. The molecule has 77 heavy (non-hydrogen) atoms. The van der Waals surface area contributed by atoms with Gasteiger partial charge in [-0.2, -0.15) is 0 Å². The van der Waals surface area contributed by atoms with Crippen LogP contribution in [0.2, 0.25) is 0 Å². The van der Waals surface area contributed by atoms with Crippen LogP contribution in [0, 0.1) is 44.5 Å². The zero-order chi connectivity index (χ0) is 53.4. The summed E-state index contributed by atoms with van der Waals surface area (Å²) in [6.07, 6.45) is 10.3. The standard InChI is InChI=1S/C59H67FN8O8S/c1-36(2)46-7-5-6-8-47(46)53-32-65(31-37-9-12-43(74-3)13-10-37)17-18-67(53)42-27-59(28-42)34-66(35-59)41-11-15-48(54(21-41)76-44-22-49-50(60)30-62-56(49)61-29-44)57(69)64-77(72,73)45-14-16-51(52(23-45)68(70)71)63-33-58-24-38-19-39(25-58)55(75-4)40(20-38)26-58/h5-16,21-23,29-30,36,38-40,42,53,55,63H,17-20,24-28,31-35H2,1-4H3,(H,61,62)(H,64,69)/t38?,39?,40?,53-,55?,58?/m0/s1. The molecule has 4 heterocycles. The van der Waals surface area contributed by atoms with E-state index in [1.54, 1.807) is 26.4 Å². The Morgan fingerprint density at radius 3 is 2.43 bits per heavy atom. The number of carbonyl (C=O) groups excluding carboxylic acids is 1. The molecule has 2 saturated heterocycles. The quantitative estimate of drug-likeness (QED) is 0.0580. The van der Waals surface area contributed by atoms with Crippen molar-refractivity contribution in [2.45, 2.75) is 94.3 Å². The van der Waals surface area contributed by atoms with E-state index in [1.807, 2.05) is 12.1 Å². The van der Waals surface area contributed by atoms with Gasteiger partial charge in [0.05, 0.1) is 40.2 Å². The number of nitrogens with one attached hydrogen (secondary N) is 3. The highest BCUT2D eigenvalue weighted by Crippen LogP contribution is 2.61. The third kappa shape index (κ3) is 9.80. The molecule has 404 valence electrons. The molecule has 0 radical (unpaired) electrons. The summed E-state index contributed by atoms with van der Waals surface area (Å²) in [6.45, 7) is 10.4. The number of aromatic nitrogens is 2. The minimum Gasteiger partial charge on any atom is -0.497 e. The first kappa shape index (κ1) is 51.2. The number of nitro groups is 1. The second kappa shape index (κ2) is 20.0. The smallest absolute Gasteiger partial charge is 0.293 e. The number of ether oxygens (including phenoxy) is 3. The van der Waals surface area contributed by atoms with Gasteiger partial charge in [-0.25, -0.2) is 22.5 Å². The molecule has 5 saturated carbocycles. The van der Waals surface area contributed by atoms with E-state index in [1.165, 1.54) is 53.3 Å². The van der Waals surface area contributed by atoms with Crippen LogP contribution >= 0.6 is 0 Å². The van der Waals surface area contributed by atoms with Gasteiger partial charge < -0.3 is 29.4 Å². The molecule has 7 fully saturated rings. The first-order valence-corrected chi connectivity index (χ1v) is 28.6. The maximum Gasteiger partial charge on any atom is 0.293 e. The molecular formula is C59H67FN8O8S. The fourth-order valence-electron chi connectivity index (χ4n) is 14.8. The van der Waals surface area contributed by atoms with Crippen molar-refractivity contribution in [1.29, 1.82) is 0 Å². The van der Waals surface area contributed by atoms with E-state index in [9.17, 15) is 27.7 Å². The van der Waals surface area contributed by atoms with E-state index >= 15 is 0 Å². The van der Waals surface area contributed by atoms with Crippen LogP contribution in [0.4, 0.5) is 21.5 Å². The van der Waals surface area contributed by atoms with Gasteiger partial charge in [-0.1, -0.05) is 50.2 Å². The number of aromatic amines is 1. The maximum absolute atomic E-state index is 14.8. The van der Waals surface area contributed by atoms with Gasteiger partial charge in [0, 0.05) is 94.4 Å². The van der Waals surface area contributed by atoms with Crippen LogP contribution in [-0.4, -0.2) is 105 Å². The zero-order valence-electron chi connectivity index (χ0n) is 44.0. The van der Waals surface area contributed by atoms with Crippen LogP contribution in [0.25, 0.3) is 11.0 Å². The lowest BCUT2D eigenvalue weighted by Gasteiger charge is -2.63. The van der Waals surface area contributed by atoms with Crippen LogP contribution in [0.3, 0.4) is 0 Å². The number of amides is 1. The number of anilines is 2. The molecule has 2 unspecified atom stereocenters. The Morgan fingerprint density at radius 2 is 1.70 bits per heavy atom. The number of nitrogens with zero attached hydrogens (tertiary/aromatic N) is 5. The molecule has 3 N–H and O–H groups in total. The number of nitro benzene ring substituents is 1. The number of rotatable bonds is 17. The SMILES string of the molecule is COc1ccc(CN2CCN(C3CC4(C3)CN(c3ccc(C(=O)NS(=O)(=O)c5ccc(NCC67CC8CC(C6)C(OC)C(C8)C7)c([N+](=O)[O-])c5)c(Oc5cnc6[nH]cc(F)c6c5)c3)C4)[C@H](c3ccccc3C(C)C)C2)cc1. The number of piperazine rings is 1. The molecule has 4 bridgehead atoms. The Kier molecular flexibility index (Phi) is 13.3. The average Bonchev–Trinajstić information content (AvgIpc) is 3.91. The zero-order valence-corrected chi connectivity index (χ0v) is 44.9. The van der Waals surface area contributed by atoms with Gasteiger partial charge in [0.1, 0.15) is 34.4 Å². The summed E-state index contributed by atoms with van der Waals surface area (Å²) in [4.78, 5) is 40.3. The molecule has 1 spiro atoms. The monoisotopic (exact) mass is 1070 g/mol. The molecule has 2 aromatic heterocycles. The molecule has 4 aromatic carbocycles. The lowest BCUT2D eigenvalue weighted by atomic mass is 9.48. The van der Waals surface area contributed by atoms with Crippen LogP contribution in [0.1, 0.15) is 97.8 Å². The molecule has 1 amide bonds. The molecule has 6 aromatic rings. The number of benzene rings is 4. The van der Waals surface area contributed by atoms with Crippen LogP contribution in [-0.2, 0) is 21.3 Å². The molecule has 5 aliphatic carbocycles. The topological polar surface area (TPSA) is 184 Å². The van der Waals surface area contributed by atoms with Crippen molar-refractivity contribution in [2.24, 2.45) is 28.6 Å². The Labute approximate surface area is 448 Å². The number of fused-ring (bicyclic) bond motifs is 1. The predicted molar refractivity (Wildman–Crippen MR) is 292 cm³/mol. The second-order valence-electron chi connectivity index (χ2n) is 23.4. The number of carbonyl (C=O) groups is 1. The van der Waals surface area contributed by atoms with Gasteiger partial charge in [0.15, 0.2) is 0 Å². The minimum atomic E-state index is -4.64. The van der Waals surface area contributed by atoms with E-state index in [0.29, 0.717) is 41.9 Å². The van der Waals surface area contributed by atoms with Crippen molar-refractivity contribution < 1.29 is 36.7 Å². The van der Waals surface area contributed by atoms with E-state index in [0.717, 1.165) is 102 Å². The summed E-state index contributed by atoms with van der Waals surface area (Å²) < 4.78 is 62.6. The highest BCUT2D eigenvalue weighted by Gasteiger charge is 2.57. The molecule has 16 nitrogen and oxygen atoms in total. The molecular weight excluding hydrogens is 1000 g/mol. The number of methoxy groups -OCH3 is 2. The molecule has 7 aliphatic rings. The van der Waals surface area contributed by atoms with E-state index in [-0.39, 0.29) is 51.1 Å². The van der Waals surface area contributed by atoms with E-state index < -0.39 is 37.3 Å². The third-order valence-electron chi connectivity index (χ3n) is 18.1. The number of pyridine rings is 1. The van der Waals surface area contributed by atoms with E-state index in [4.69, 9.17) is 14.2 Å². The molecule has 13 rings (SSSR count). The summed E-state index contributed by atoms with van der Waals surface area (Å²) >= 11 is 0.